The summed E-state index contributed by atoms with van der Waals surface area (Å²) in [4.78, 5) is 0. The molecule has 3 aliphatic rings. The van der Waals surface area contributed by atoms with Gasteiger partial charge in [-0.1, -0.05) is 45.4 Å². The molecule has 2 aliphatic carbocycles. The van der Waals surface area contributed by atoms with Crippen LogP contribution in [0.15, 0.2) is 30.3 Å². The summed E-state index contributed by atoms with van der Waals surface area (Å²) < 4.78 is 12.1. The number of rotatable bonds is 4. The summed E-state index contributed by atoms with van der Waals surface area (Å²) in [5.41, 5.74) is 1.07. The first-order valence-electron chi connectivity index (χ1n) is 9.78. The highest BCUT2D eigenvalue weighted by molar-refractivity contribution is 5.21. The summed E-state index contributed by atoms with van der Waals surface area (Å²) in [6.45, 7) is 9.35. The van der Waals surface area contributed by atoms with Crippen LogP contribution in [0.2, 0.25) is 0 Å². The second kappa shape index (κ2) is 5.76. The average molecular weight is 328 g/mol. The number of para-hydroxylation sites is 1. The zero-order valence-electron chi connectivity index (χ0n) is 15.5. The number of epoxide rings is 1. The van der Waals surface area contributed by atoms with E-state index in [9.17, 15) is 0 Å². The maximum atomic E-state index is 6.08. The van der Waals surface area contributed by atoms with Crippen molar-refractivity contribution in [2.24, 2.45) is 22.7 Å². The Morgan fingerprint density at radius 2 is 1.83 bits per heavy atom. The second-order valence-corrected chi connectivity index (χ2v) is 9.30. The SMILES string of the molecule is CC1(C)CCC[C@@]2(C)[C@H]1CCC1(CO1)[C@@H]2CCOc1ccccc1. The van der Waals surface area contributed by atoms with Crippen LogP contribution in [-0.4, -0.2) is 18.8 Å². The minimum absolute atomic E-state index is 0.179. The van der Waals surface area contributed by atoms with Crippen molar-refractivity contribution < 1.29 is 9.47 Å². The molecule has 24 heavy (non-hydrogen) atoms. The second-order valence-electron chi connectivity index (χ2n) is 9.30. The molecule has 132 valence electrons. The van der Waals surface area contributed by atoms with Gasteiger partial charge in [-0.3, -0.25) is 0 Å². The van der Waals surface area contributed by atoms with E-state index in [1.54, 1.807) is 0 Å². The normalized spacial score (nSPS) is 40.1. The van der Waals surface area contributed by atoms with Crippen LogP contribution in [0.1, 0.15) is 59.3 Å². The monoisotopic (exact) mass is 328 g/mol. The zero-order chi connectivity index (χ0) is 16.8. The number of benzene rings is 1. The summed E-state index contributed by atoms with van der Waals surface area (Å²) in [5.74, 6) is 2.46. The third-order valence-corrected chi connectivity index (χ3v) is 7.50. The highest BCUT2D eigenvalue weighted by Crippen LogP contribution is 2.66. The van der Waals surface area contributed by atoms with Gasteiger partial charge in [0.15, 0.2) is 0 Å². The molecule has 4 atom stereocenters. The Labute approximate surface area is 146 Å². The standard InChI is InChI=1S/C22H32O2/c1-20(2)12-7-13-21(3)18(20)10-14-22(16-24-22)19(21)11-15-23-17-8-5-4-6-9-17/h4-6,8-9,18-19H,7,10-16H2,1-3H3/t18-,19+,21-,22?/m0/s1. The molecule has 1 aliphatic heterocycles. The van der Waals surface area contributed by atoms with Crippen LogP contribution in [0.3, 0.4) is 0 Å². The van der Waals surface area contributed by atoms with Gasteiger partial charge in [-0.25, -0.2) is 0 Å². The molecule has 0 aromatic heterocycles. The van der Waals surface area contributed by atoms with Crippen LogP contribution in [0.25, 0.3) is 0 Å². The van der Waals surface area contributed by atoms with Gasteiger partial charge in [0.05, 0.1) is 18.8 Å². The van der Waals surface area contributed by atoms with Gasteiger partial charge < -0.3 is 9.47 Å². The minimum atomic E-state index is 0.179. The van der Waals surface area contributed by atoms with Crippen LogP contribution >= 0.6 is 0 Å². The maximum absolute atomic E-state index is 6.08. The number of hydrogen-bond acceptors (Lipinski definition) is 2. The van der Waals surface area contributed by atoms with Crippen molar-refractivity contribution in [2.45, 2.75) is 64.9 Å². The van der Waals surface area contributed by atoms with E-state index in [-0.39, 0.29) is 5.60 Å². The molecule has 0 radical (unpaired) electrons. The topological polar surface area (TPSA) is 21.8 Å². The van der Waals surface area contributed by atoms with E-state index in [0.717, 1.165) is 31.3 Å². The van der Waals surface area contributed by atoms with Crippen LogP contribution in [0, 0.1) is 22.7 Å². The highest BCUT2D eigenvalue weighted by atomic mass is 16.6. The molecule has 1 saturated heterocycles. The molecule has 2 nitrogen and oxygen atoms in total. The Hall–Kier alpha value is -1.02. The van der Waals surface area contributed by atoms with Crippen LogP contribution in [0.5, 0.6) is 5.75 Å². The molecule has 0 amide bonds. The average Bonchev–Trinajstić information content (AvgIpc) is 3.31. The summed E-state index contributed by atoms with van der Waals surface area (Å²) in [6, 6.07) is 10.2. The Bertz CT molecular complexity index is 575. The van der Waals surface area contributed by atoms with Crippen molar-refractivity contribution in [1.82, 2.24) is 0 Å². The predicted octanol–water partition coefficient (Wildman–Crippen LogP) is 5.47. The fraction of sp³-hybridized carbons (Fsp3) is 0.727. The van der Waals surface area contributed by atoms with Crippen molar-refractivity contribution in [1.29, 1.82) is 0 Å². The van der Waals surface area contributed by atoms with Gasteiger partial charge in [0.2, 0.25) is 0 Å². The van der Waals surface area contributed by atoms with Gasteiger partial charge in [0, 0.05) is 0 Å². The van der Waals surface area contributed by atoms with Crippen molar-refractivity contribution >= 4 is 0 Å². The third kappa shape index (κ3) is 2.67. The quantitative estimate of drug-likeness (QED) is 0.684. The number of fused-ring (bicyclic) bond motifs is 1. The predicted molar refractivity (Wildman–Crippen MR) is 97.2 cm³/mol. The van der Waals surface area contributed by atoms with E-state index in [1.165, 1.54) is 32.1 Å². The molecule has 2 heteroatoms. The minimum Gasteiger partial charge on any atom is -0.494 e. The largest absolute Gasteiger partial charge is 0.494 e. The van der Waals surface area contributed by atoms with Crippen molar-refractivity contribution in [3.8, 4) is 5.75 Å². The summed E-state index contributed by atoms with van der Waals surface area (Å²) in [6.07, 6.45) is 7.84. The number of ether oxygens (including phenoxy) is 2. The molecule has 0 bridgehead atoms. The molecule has 4 rings (SSSR count). The highest BCUT2D eigenvalue weighted by Gasteiger charge is 2.64. The van der Waals surface area contributed by atoms with Gasteiger partial charge in [-0.15, -0.1) is 0 Å². The molecule has 1 heterocycles. The molecule has 0 N–H and O–H groups in total. The third-order valence-electron chi connectivity index (χ3n) is 7.50. The molecule has 2 saturated carbocycles. The molecule has 1 spiro atoms. The van der Waals surface area contributed by atoms with E-state index in [0.29, 0.717) is 16.7 Å². The van der Waals surface area contributed by atoms with E-state index in [2.05, 4.69) is 32.9 Å². The lowest BCUT2D eigenvalue weighted by atomic mass is 9.46. The Kier molecular flexibility index (Phi) is 3.95. The fourth-order valence-corrected chi connectivity index (χ4v) is 6.31. The summed E-state index contributed by atoms with van der Waals surface area (Å²) in [5, 5.41) is 0. The van der Waals surface area contributed by atoms with Gasteiger partial charge in [-0.05, 0) is 66.9 Å². The van der Waals surface area contributed by atoms with Crippen LogP contribution < -0.4 is 4.74 Å². The first-order valence-corrected chi connectivity index (χ1v) is 9.78. The van der Waals surface area contributed by atoms with Crippen molar-refractivity contribution in [2.75, 3.05) is 13.2 Å². The molecule has 1 aromatic carbocycles. The van der Waals surface area contributed by atoms with Gasteiger partial charge in [0.25, 0.3) is 0 Å². The molecule has 3 fully saturated rings. The van der Waals surface area contributed by atoms with Crippen LogP contribution in [0.4, 0.5) is 0 Å². The molecule has 1 unspecified atom stereocenters. The van der Waals surface area contributed by atoms with E-state index in [4.69, 9.17) is 9.47 Å². The van der Waals surface area contributed by atoms with Gasteiger partial charge in [0.1, 0.15) is 5.75 Å². The van der Waals surface area contributed by atoms with E-state index < -0.39 is 0 Å². The Balaban J connectivity index is 1.50. The lowest BCUT2D eigenvalue weighted by molar-refractivity contribution is -0.110. The Morgan fingerprint density at radius 1 is 1.08 bits per heavy atom. The smallest absolute Gasteiger partial charge is 0.119 e. The lowest BCUT2D eigenvalue weighted by Gasteiger charge is -2.59. The summed E-state index contributed by atoms with van der Waals surface area (Å²) in [7, 11) is 0. The van der Waals surface area contributed by atoms with E-state index >= 15 is 0 Å². The zero-order valence-corrected chi connectivity index (χ0v) is 15.5. The Morgan fingerprint density at radius 3 is 2.54 bits per heavy atom. The maximum Gasteiger partial charge on any atom is 0.119 e. The molecule has 1 aromatic rings. The lowest BCUT2D eigenvalue weighted by Crippen LogP contribution is -2.54. The summed E-state index contributed by atoms with van der Waals surface area (Å²) >= 11 is 0. The molecular weight excluding hydrogens is 296 g/mol. The molecular formula is C22H32O2. The van der Waals surface area contributed by atoms with Crippen molar-refractivity contribution in [3.63, 3.8) is 0 Å². The first-order chi connectivity index (χ1) is 11.5. The van der Waals surface area contributed by atoms with Gasteiger partial charge in [-0.2, -0.15) is 0 Å². The van der Waals surface area contributed by atoms with Crippen LogP contribution in [-0.2, 0) is 4.74 Å². The van der Waals surface area contributed by atoms with E-state index in [1.807, 2.05) is 18.2 Å². The number of hydrogen-bond donors (Lipinski definition) is 0. The van der Waals surface area contributed by atoms with Gasteiger partial charge >= 0.3 is 0 Å². The fourth-order valence-electron chi connectivity index (χ4n) is 6.31. The first kappa shape index (κ1) is 16.4. The van der Waals surface area contributed by atoms with Crippen molar-refractivity contribution in [3.05, 3.63) is 30.3 Å².